The lowest BCUT2D eigenvalue weighted by molar-refractivity contribution is 0.0598. The first-order valence-electron chi connectivity index (χ1n) is 8.79. The molecule has 0 bridgehead atoms. The van der Waals surface area contributed by atoms with Crippen LogP contribution in [0.3, 0.4) is 0 Å². The number of benzene rings is 3. The van der Waals surface area contributed by atoms with Crippen LogP contribution in [0.2, 0.25) is 0 Å². The molecule has 0 aromatic heterocycles. The molecule has 0 heterocycles. The molecule has 3 aromatic rings. The van der Waals surface area contributed by atoms with Crippen LogP contribution in [-0.2, 0) is 11.2 Å². The zero-order valence-electron chi connectivity index (χ0n) is 15.1. The molecule has 1 atom stereocenters. The zero-order chi connectivity index (χ0) is 19.1. The number of rotatable bonds is 2. The maximum Gasteiger partial charge on any atom is 0.342 e. The summed E-state index contributed by atoms with van der Waals surface area (Å²) in [5.74, 6) is -0.374. The number of hydrogen-bond donors (Lipinski definition) is 1. The quantitative estimate of drug-likeness (QED) is 0.546. The number of ether oxygens (including phenoxy) is 1. The molecule has 3 nitrogen and oxygen atoms in total. The second-order valence-corrected chi connectivity index (χ2v) is 7.75. The van der Waals surface area contributed by atoms with Crippen molar-refractivity contribution in [1.29, 1.82) is 0 Å². The highest BCUT2D eigenvalue weighted by atomic mass is 79.9. The number of esters is 1. The molecule has 27 heavy (non-hydrogen) atoms. The predicted molar refractivity (Wildman–Crippen MR) is 109 cm³/mol. The van der Waals surface area contributed by atoms with Crippen molar-refractivity contribution in [2.45, 2.75) is 19.3 Å². The van der Waals surface area contributed by atoms with Gasteiger partial charge in [-0.25, -0.2) is 4.79 Å². The van der Waals surface area contributed by atoms with Crippen molar-refractivity contribution in [3.8, 4) is 16.9 Å². The third-order valence-electron chi connectivity index (χ3n) is 5.30. The van der Waals surface area contributed by atoms with Gasteiger partial charge in [-0.3, -0.25) is 0 Å². The highest BCUT2D eigenvalue weighted by Crippen LogP contribution is 2.48. The van der Waals surface area contributed by atoms with Crippen molar-refractivity contribution in [2.24, 2.45) is 0 Å². The van der Waals surface area contributed by atoms with Crippen LogP contribution in [0.4, 0.5) is 0 Å². The summed E-state index contributed by atoms with van der Waals surface area (Å²) >= 11 is 3.58. The van der Waals surface area contributed by atoms with Crippen molar-refractivity contribution >= 4 is 21.9 Å². The van der Waals surface area contributed by atoms with E-state index >= 15 is 0 Å². The average molecular weight is 423 g/mol. The molecule has 0 radical (unpaired) electrons. The van der Waals surface area contributed by atoms with Gasteiger partial charge < -0.3 is 9.84 Å². The summed E-state index contributed by atoms with van der Waals surface area (Å²) in [6, 6.07) is 18.1. The van der Waals surface area contributed by atoms with Crippen LogP contribution in [0.15, 0.2) is 59.1 Å². The van der Waals surface area contributed by atoms with E-state index in [4.69, 9.17) is 4.74 Å². The molecule has 1 aliphatic carbocycles. The van der Waals surface area contributed by atoms with Gasteiger partial charge in [0.25, 0.3) is 0 Å². The third kappa shape index (κ3) is 2.94. The van der Waals surface area contributed by atoms with Crippen LogP contribution < -0.4 is 0 Å². The highest BCUT2D eigenvalue weighted by molar-refractivity contribution is 9.10. The molecule has 0 fully saturated rings. The lowest BCUT2D eigenvalue weighted by atomic mass is 9.73. The Labute approximate surface area is 166 Å². The monoisotopic (exact) mass is 422 g/mol. The molecule has 4 rings (SSSR count). The maximum atomic E-state index is 12.5. The van der Waals surface area contributed by atoms with E-state index in [9.17, 15) is 9.90 Å². The Morgan fingerprint density at radius 2 is 1.89 bits per heavy atom. The minimum Gasteiger partial charge on any atom is -0.507 e. The van der Waals surface area contributed by atoms with Gasteiger partial charge in [0.15, 0.2) is 0 Å². The fraction of sp³-hybridized carbons (Fsp3) is 0.174. The number of phenols is 1. The zero-order valence-corrected chi connectivity index (χ0v) is 16.7. The molecule has 3 aromatic carbocycles. The fourth-order valence-corrected chi connectivity index (χ4v) is 4.43. The standard InChI is InChI=1S/C23H19BrO3/c1-13-10-20(25)22(23(26)27-2)21-16-9-8-15(24)11-19(16)18(12-17(13)21)14-6-4-3-5-7-14/h3-11,18,25H,12H2,1-2H3. The summed E-state index contributed by atoms with van der Waals surface area (Å²) < 4.78 is 5.95. The van der Waals surface area contributed by atoms with E-state index in [-0.39, 0.29) is 17.2 Å². The summed E-state index contributed by atoms with van der Waals surface area (Å²) in [5, 5.41) is 10.5. The van der Waals surface area contributed by atoms with Crippen molar-refractivity contribution in [3.05, 3.63) is 86.9 Å². The number of phenolic OH excluding ortho intramolecular Hbond substituents is 1. The van der Waals surface area contributed by atoms with E-state index in [2.05, 4.69) is 34.1 Å². The smallest absolute Gasteiger partial charge is 0.342 e. The van der Waals surface area contributed by atoms with Crippen LogP contribution >= 0.6 is 15.9 Å². The first-order valence-corrected chi connectivity index (χ1v) is 9.59. The summed E-state index contributed by atoms with van der Waals surface area (Å²) in [6.07, 6.45) is 0.763. The third-order valence-corrected chi connectivity index (χ3v) is 5.79. The topological polar surface area (TPSA) is 46.5 Å². The van der Waals surface area contributed by atoms with Crippen LogP contribution in [0.5, 0.6) is 5.75 Å². The number of carbonyl (C=O) groups is 1. The van der Waals surface area contributed by atoms with Gasteiger partial charge in [-0.05, 0) is 59.4 Å². The van der Waals surface area contributed by atoms with Crippen molar-refractivity contribution < 1.29 is 14.6 Å². The fourth-order valence-electron chi connectivity index (χ4n) is 4.06. The van der Waals surface area contributed by atoms with E-state index in [0.29, 0.717) is 0 Å². The average Bonchev–Trinajstić information content (AvgIpc) is 2.67. The molecule has 4 heteroatoms. The molecule has 0 saturated heterocycles. The summed E-state index contributed by atoms with van der Waals surface area (Å²) in [4.78, 5) is 12.5. The van der Waals surface area contributed by atoms with E-state index < -0.39 is 5.97 Å². The number of fused-ring (bicyclic) bond motifs is 3. The molecule has 0 saturated carbocycles. The van der Waals surface area contributed by atoms with E-state index in [1.807, 2.05) is 37.3 Å². The number of hydrogen-bond acceptors (Lipinski definition) is 3. The van der Waals surface area contributed by atoms with Crippen molar-refractivity contribution in [2.75, 3.05) is 7.11 Å². The van der Waals surface area contributed by atoms with Gasteiger partial charge in [-0.2, -0.15) is 0 Å². The number of methoxy groups -OCH3 is 1. The maximum absolute atomic E-state index is 12.5. The molecule has 1 N–H and O–H groups in total. The van der Waals surface area contributed by atoms with Crippen LogP contribution in [0.25, 0.3) is 11.1 Å². The van der Waals surface area contributed by atoms with Crippen LogP contribution in [0, 0.1) is 6.92 Å². The number of halogens is 1. The summed E-state index contributed by atoms with van der Waals surface area (Å²) in [5.41, 5.74) is 6.42. The molecular formula is C23H19BrO3. The van der Waals surface area contributed by atoms with Gasteiger partial charge in [0, 0.05) is 16.0 Å². The largest absolute Gasteiger partial charge is 0.507 e. The number of aryl methyl sites for hydroxylation is 1. The van der Waals surface area contributed by atoms with E-state index in [0.717, 1.165) is 38.7 Å². The Morgan fingerprint density at radius 3 is 2.59 bits per heavy atom. The Bertz CT molecular complexity index is 1040. The van der Waals surface area contributed by atoms with Gasteiger partial charge in [0.1, 0.15) is 11.3 Å². The second-order valence-electron chi connectivity index (χ2n) is 6.83. The molecule has 136 valence electrons. The minimum absolute atomic E-state index is 0.0369. The molecule has 0 aliphatic heterocycles. The van der Waals surface area contributed by atoms with E-state index in [1.165, 1.54) is 12.7 Å². The van der Waals surface area contributed by atoms with E-state index in [1.54, 1.807) is 6.07 Å². The van der Waals surface area contributed by atoms with Crippen LogP contribution in [-0.4, -0.2) is 18.2 Å². The van der Waals surface area contributed by atoms with Gasteiger partial charge >= 0.3 is 5.97 Å². The Balaban J connectivity index is 2.04. The molecule has 0 spiro atoms. The molecule has 0 amide bonds. The summed E-state index contributed by atoms with van der Waals surface area (Å²) in [7, 11) is 1.34. The van der Waals surface area contributed by atoms with Crippen molar-refractivity contribution in [1.82, 2.24) is 0 Å². The first-order chi connectivity index (χ1) is 13.0. The van der Waals surface area contributed by atoms with Gasteiger partial charge in [0.05, 0.1) is 7.11 Å². The minimum atomic E-state index is -0.518. The first kappa shape index (κ1) is 17.8. The molecular weight excluding hydrogens is 404 g/mol. The van der Waals surface area contributed by atoms with Crippen molar-refractivity contribution in [3.63, 3.8) is 0 Å². The van der Waals surface area contributed by atoms with Gasteiger partial charge in [-0.15, -0.1) is 0 Å². The Hall–Kier alpha value is -2.59. The molecule has 1 aliphatic rings. The lowest BCUT2D eigenvalue weighted by Gasteiger charge is -2.31. The van der Waals surface area contributed by atoms with Gasteiger partial charge in [-0.1, -0.05) is 52.3 Å². The SMILES string of the molecule is COC(=O)c1c(O)cc(C)c2c1-c1ccc(Br)cc1C(c1ccccc1)C2. The van der Waals surface area contributed by atoms with Gasteiger partial charge in [0.2, 0.25) is 0 Å². The highest BCUT2D eigenvalue weighted by Gasteiger charge is 2.32. The second kappa shape index (κ2) is 6.86. The van der Waals surface area contributed by atoms with Crippen LogP contribution in [0.1, 0.15) is 38.5 Å². The number of aromatic hydroxyl groups is 1. The number of carbonyl (C=O) groups excluding carboxylic acids is 1. The Kier molecular flexibility index (Phi) is 4.52. The normalized spacial score (nSPS) is 15.0. The lowest BCUT2D eigenvalue weighted by Crippen LogP contribution is -2.17. The Morgan fingerprint density at radius 1 is 1.15 bits per heavy atom. The molecule has 1 unspecified atom stereocenters. The predicted octanol–water partition coefficient (Wildman–Crippen LogP) is 5.60. The summed E-state index contributed by atoms with van der Waals surface area (Å²) in [6.45, 7) is 1.98.